The van der Waals surface area contributed by atoms with E-state index in [-0.39, 0.29) is 5.56 Å². The molecule has 1 fully saturated rings. The van der Waals surface area contributed by atoms with Gasteiger partial charge in [-0.3, -0.25) is 14.6 Å². The van der Waals surface area contributed by atoms with Crippen LogP contribution in [0.1, 0.15) is 11.4 Å². The van der Waals surface area contributed by atoms with Crippen LogP contribution in [0.4, 0.5) is 0 Å². The Labute approximate surface area is 128 Å². The fraction of sp³-hybridized carbons (Fsp3) is 0.571. The normalized spacial score (nSPS) is 17.0. The Hall–Kier alpha value is -2.06. The smallest absolute Gasteiger partial charge is 0.266 e. The van der Waals surface area contributed by atoms with E-state index in [1.54, 1.807) is 18.3 Å². The van der Waals surface area contributed by atoms with Crippen LogP contribution in [-0.2, 0) is 13.1 Å². The molecule has 0 unspecified atom stereocenters. The molecule has 0 bridgehead atoms. The highest BCUT2D eigenvalue weighted by molar-refractivity contribution is 5.04. The Morgan fingerprint density at radius 2 is 1.91 bits per heavy atom. The van der Waals surface area contributed by atoms with Gasteiger partial charge in [-0.1, -0.05) is 10.3 Å². The van der Waals surface area contributed by atoms with Crippen molar-refractivity contribution in [2.75, 3.05) is 32.7 Å². The lowest BCUT2D eigenvalue weighted by molar-refractivity contribution is 0.120. The van der Waals surface area contributed by atoms with Gasteiger partial charge in [0.05, 0.1) is 6.54 Å². The molecule has 0 saturated carbocycles. The van der Waals surface area contributed by atoms with Crippen LogP contribution in [0.3, 0.4) is 0 Å². The van der Waals surface area contributed by atoms with Crippen LogP contribution in [0.5, 0.6) is 0 Å². The van der Waals surface area contributed by atoms with Crippen LogP contribution >= 0.6 is 0 Å². The summed E-state index contributed by atoms with van der Waals surface area (Å²) >= 11 is 0. The topological polar surface area (TPSA) is 80.3 Å². The van der Waals surface area contributed by atoms with Gasteiger partial charge in [-0.15, -0.1) is 0 Å². The number of aryl methyl sites for hydroxylation is 1. The molecule has 22 heavy (non-hydrogen) atoms. The highest BCUT2D eigenvalue weighted by Crippen LogP contribution is 2.09. The first-order chi connectivity index (χ1) is 10.7. The van der Waals surface area contributed by atoms with Crippen molar-refractivity contribution in [3.05, 3.63) is 40.1 Å². The molecule has 118 valence electrons. The second kappa shape index (κ2) is 6.80. The first kappa shape index (κ1) is 14.9. The van der Waals surface area contributed by atoms with E-state index in [0.717, 1.165) is 50.7 Å². The molecule has 0 aliphatic carbocycles. The maximum atomic E-state index is 11.6. The van der Waals surface area contributed by atoms with E-state index in [2.05, 4.69) is 25.2 Å². The summed E-state index contributed by atoms with van der Waals surface area (Å²) in [6.07, 6.45) is 1.65. The first-order valence-corrected chi connectivity index (χ1v) is 7.47. The second-order valence-electron chi connectivity index (χ2n) is 5.50. The van der Waals surface area contributed by atoms with E-state index in [9.17, 15) is 4.79 Å². The highest BCUT2D eigenvalue weighted by atomic mass is 16.6. The molecule has 1 saturated heterocycles. The van der Waals surface area contributed by atoms with Crippen LogP contribution < -0.4 is 5.56 Å². The van der Waals surface area contributed by atoms with E-state index in [1.165, 1.54) is 4.68 Å². The van der Waals surface area contributed by atoms with Crippen molar-refractivity contribution in [1.82, 2.24) is 29.9 Å². The van der Waals surface area contributed by atoms with Crippen LogP contribution in [0, 0.1) is 6.92 Å². The number of hydrogen-bond donors (Lipinski definition) is 0. The van der Waals surface area contributed by atoms with Crippen LogP contribution in [0.15, 0.2) is 27.8 Å². The van der Waals surface area contributed by atoms with Crippen molar-refractivity contribution in [3.8, 4) is 0 Å². The number of hydrogen-bond acceptors (Lipinski definition) is 7. The fourth-order valence-corrected chi connectivity index (χ4v) is 2.57. The molecule has 2 aromatic heterocycles. The maximum absolute atomic E-state index is 11.6. The minimum Gasteiger partial charge on any atom is -0.299 e. The highest BCUT2D eigenvalue weighted by Gasteiger charge is 2.19. The number of nitrogens with zero attached hydrogens (tertiary/aromatic N) is 6. The Morgan fingerprint density at radius 3 is 2.59 bits per heavy atom. The summed E-state index contributed by atoms with van der Waals surface area (Å²) in [4.78, 5) is 16.3. The molecule has 0 radical (unpaired) electrons. The van der Waals surface area contributed by atoms with Crippen molar-refractivity contribution in [1.29, 1.82) is 0 Å². The molecule has 3 rings (SSSR count). The van der Waals surface area contributed by atoms with Gasteiger partial charge in [-0.05, 0) is 13.0 Å². The summed E-state index contributed by atoms with van der Waals surface area (Å²) in [6.45, 7) is 8.07. The lowest BCUT2D eigenvalue weighted by Gasteiger charge is -2.34. The summed E-state index contributed by atoms with van der Waals surface area (Å²) in [7, 11) is 0. The molecular formula is C14H20N6O2. The molecule has 0 amide bonds. The zero-order valence-electron chi connectivity index (χ0n) is 12.7. The molecule has 0 spiro atoms. The first-order valence-electron chi connectivity index (χ1n) is 7.47. The predicted octanol–water partition coefficient (Wildman–Crippen LogP) is -0.247. The van der Waals surface area contributed by atoms with E-state index in [1.807, 2.05) is 6.92 Å². The third-order valence-electron chi connectivity index (χ3n) is 4.00. The number of rotatable bonds is 5. The van der Waals surface area contributed by atoms with E-state index >= 15 is 0 Å². The summed E-state index contributed by atoms with van der Waals surface area (Å²) in [5.74, 6) is 0. The Bertz CT molecular complexity index is 659. The molecule has 1 aliphatic rings. The van der Waals surface area contributed by atoms with Crippen LogP contribution in [0.25, 0.3) is 0 Å². The van der Waals surface area contributed by atoms with E-state index in [0.29, 0.717) is 6.54 Å². The van der Waals surface area contributed by atoms with Crippen molar-refractivity contribution in [2.24, 2.45) is 0 Å². The zero-order chi connectivity index (χ0) is 15.4. The van der Waals surface area contributed by atoms with Gasteiger partial charge in [0.15, 0.2) is 0 Å². The van der Waals surface area contributed by atoms with Crippen molar-refractivity contribution >= 4 is 0 Å². The predicted molar refractivity (Wildman–Crippen MR) is 79.2 cm³/mol. The standard InChI is InChI=1S/C14H20N6O2/c1-12-13(17-22-16-12)11-19-7-5-18(6-8-19)9-10-20-14(21)3-2-4-15-20/h2-4H,5-11H2,1H3. The maximum Gasteiger partial charge on any atom is 0.266 e. The van der Waals surface area contributed by atoms with Gasteiger partial charge in [0.1, 0.15) is 11.4 Å². The monoisotopic (exact) mass is 304 g/mol. The number of aromatic nitrogens is 4. The van der Waals surface area contributed by atoms with E-state index in [4.69, 9.17) is 4.63 Å². The van der Waals surface area contributed by atoms with Gasteiger partial charge >= 0.3 is 0 Å². The van der Waals surface area contributed by atoms with Crippen LogP contribution in [0.2, 0.25) is 0 Å². The average molecular weight is 304 g/mol. The third-order valence-corrected chi connectivity index (χ3v) is 4.00. The number of piperazine rings is 1. The van der Waals surface area contributed by atoms with Gasteiger partial charge in [-0.25, -0.2) is 9.31 Å². The molecule has 8 heteroatoms. The molecule has 0 N–H and O–H groups in total. The van der Waals surface area contributed by atoms with E-state index < -0.39 is 0 Å². The fourth-order valence-electron chi connectivity index (χ4n) is 2.57. The quantitative estimate of drug-likeness (QED) is 0.753. The summed E-state index contributed by atoms with van der Waals surface area (Å²) in [5, 5.41) is 11.8. The molecule has 0 atom stereocenters. The molecule has 1 aliphatic heterocycles. The summed E-state index contributed by atoms with van der Waals surface area (Å²) in [6, 6.07) is 3.21. The van der Waals surface area contributed by atoms with Gasteiger partial charge in [0.25, 0.3) is 5.56 Å². The molecule has 8 nitrogen and oxygen atoms in total. The average Bonchev–Trinajstić information content (AvgIpc) is 2.93. The molecular weight excluding hydrogens is 284 g/mol. The minimum absolute atomic E-state index is 0.0462. The van der Waals surface area contributed by atoms with Crippen molar-refractivity contribution in [2.45, 2.75) is 20.0 Å². The Morgan fingerprint density at radius 1 is 1.14 bits per heavy atom. The third kappa shape index (κ3) is 3.58. The lowest BCUT2D eigenvalue weighted by Crippen LogP contribution is -2.47. The van der Waals surface area contributed by atoms with Crippen molar-refractivity contribution in [3.63, 3.8) is 0 Å². The summed E-state index contributed by atoms with van der Waals surface area (Å²) in [5.41, 5.74) is 1.72. The van der Waals surface area contributed by atoms with Gasteiger partial charge in [0, 0.05) is 51.5 Å². The molecule has 3 heterocycles. The molecule has 0 aromatic carbocycles. The Balaban J connectivity index is 1.45. The van der Waals surface area contributed by atoms with Crippen LogP contribution in [-0.4, -0.2) is 62.6 Å². The summed E-state index contributed by atoms with van der Waals surface area (Å²) < 4.78 is 6.24. The van der Waals surface area contributed by atoms with Crippen molar-refractivity contribution < 1.29 is 4.63 Å². The minimum atomic E-state index is -0.0462. The van der Waals surface area contributed by atoms with Gasteiger partial charge in [0.2, 0.25) is 0 Å². The Kier molecular flexibility index (Phi) is 4.59. The van der Waals surface area contributed by atoms with Gasteiger partial charge in [-0.2, -0.15) is 5.10 Å². The SMILES string of the molecule is Cc1nonc1CN1CCN(CCn2ncccc2=O)CC1. The largest absolute Gasteiger partial charge is 0.299 e. The zero-order valence-corrected chi connectivity index (χ0v) is 12.7. The molecule has 2 aromatic rings. The second-order valence-corrected chi connectivity index (χ2v) is 5.50. The lowest BCUT2D eigenvalue weighted by atomic mass is 10.2. The van der Waals surface area contributed by atoms with Gasteiger partial charge < -0.3 is 0 Å².